The third-order valence-electron chi connectivity index (χ3n) is 2.16. The highest BCUT2D eigenvalue weighted by Gasteiger charge is 2.09. The predicted molar refractivity (Wildman–Crippen MR) is 62.6 cm³/mol. The van der Waals surface area contributed by atoms with E-state index in [1.165, 1.54) is 19.1 Å². The van der Waals surface area contributed by atoms with E-state index in [1.807, 2.05) is 0 Å². The second-order valence-electron chi connectivity index (χ2n) is 3.47. The number of benzene rings is 1. The van der Waals surface area contributed by atoms with Crippen LogP contribution in [0.4, 0.5) is 8.78 Å². The molecule has 6 heteroatoms. The average molecular weight is 301 g/mol. The first-order valence-corrected chi connectivity index (χ1v) is 5.49. The van der Waals surface area contributed by atoms with Crippen molar-refractivity contribution in [1.82, 2.24) is 9.97 Å². The van der Waals surface area contributed by atoms with Crippen LogP contribution in [0.1, 0.15) is 5.69 Å². The summed E-state index contributed by atoms with van der Waals surface area (Å²) in [5, 5.41) is 0. The fraction of sp³-hybridized carbons (Fsp3) is 0.0909. The van der Waals surface area contributed by atoms with E-state index in [9.17, 15) is 13.6 Å². The Balaban J connectivity index is 2.65. The van der Waals surface area contributed by atoms with E-state index in [2.05, 4.69) is 25.9 Å². The maximum absolute atomic E-state index is 13.2. The van der Waals surface area contributed by atoms with Gasteiger partial charge in [-0.1, -0.05) is 15.9 Å². The molecule has 0 amide bonds. The fourth-order valence-electron chi connectivity index (χ4n) is 1.40. The van der Waals surface area contributed by atoms with Gasteiger partial charge in [0.05, 0.1) is 5.69 Å². The van der Waals surface area contributed by atoms with E-state index in [0.717, 1.165) is 0 Å². The topological polar surface area (TPSA) is 45.8 Å². The van der Waals surface area contributed by atoms with Gasteiger partial charge in [-0.05, 0) is 25.1 Å². The molecular formula is C11H7BrF2N2O. The summed E-state index contributed by atoms with van der Waals surface area (Å²) in [5.74, 6) is -1.27. The van der Waals surface area contributed by atoms with Crippen LogP contribution in [-0.4, -0.2) is 9.97 Å². The summed E-state index contributed by atoms with van der Waals surface area (Å²) < 4.78 is 26.8. The molecule has 0 aliphatic rings. The molecular weight excluding hydrogens is 294 g/mol. The summed E-state index contributed by atoms with van der Waals surface area (Å²) in [4.78, 5) is 17.4. The van der Waals surface area contributed by atoms with Crippen molar-refractivity contribution in [2.75, 3.05) is 0 Å². The van der Waals surface area contributed by atoms with E-state index in [-0.39, 0.29) is 11.5 Å². The summed E-state index contributed by atoms with van der Waals surface area (Å²) in [6.07, 6.45) is 0. The Morgan fingerprint density at radius 3 is 2.59 bits per heavy atom. The molecule has 0 aliphatic carbocycles. The minimum Gasteiger partial charge on any atom is -0.304 e. The molecule has 88 valence electrons. The molecule has 0 radical (unpaired) electrons. The van der Waals surface area contributed by atoms with E-state index < -0.39 is 17.2 Å². The van der Waals surface area contributed by atoms with Crippen molar-refractivity contribution in [3.05, 3.63) is 50.4 Å². The molecule has 0 saturated heterocycles. The van der Waals surface area contributed by atoms with Gasteiger partial charge in [-0.2, -0.15) is 4.39 Å². The van der Waals surface area contributed by atoms with Gasteiger partial charge < -0.3 is 4.98 Å². The lowest BCUT2D eigenvalue weighted by Crippen LogP contribution is -2.15. The van der Waals surface area contributed by atoms with Crippen LogP contribution in [0.5, 0.6) is 0 Å². The monoisotopic (exact) mass is 300 g/mol. The molecule has 0 fully saturated rings. The highest BCUT2D eigenvalue weighted by atomic mass is 79.9. The first-order chi connectivity index (χ1) is 7.97. The highest BCUT2D eigenvalue weighted by Crippen LogP contribution is 2.21. The molecule has 1 aromatic heterocycles. The molecule has 1 N–H and O–H groups in total. The van der Waals surface area contributed by atoms with Gasteiger partial charge in [-0.3, -0.25) is 4.79 Å². The third-order valence-corrected chi connectivity index (χ3v) is 2.62. The molecule has 3 nitrogen and oxygen atoms in total. The predicted octanol–water partition coefficient (Wildman–Crippen LogP) is 2.79. The van der Waals surface area contributed by atoms with Crippen molar-refractivity contribution < 1.29 is 8.78 Å². The number of halogens is 3. The molecule has 0 atom stereocenters. The molecule has 2 rings (SSSR count). The highest BCUT2D eigenvalue weighted by molar-refractivity contribution is 9.10. The molecule has 17 heavy (non-hydrogen) atoms. The van der Waals surface area contributed by atoms with Crippen LogP contribution >= 0.6 is 15.9 Å². The van der Waals surface area contributed by atoms with Gasteiger partial charge in [0.15, 0.2) is 0 Å². The minimum absolute atomic E-state index is 0.0240. The Labute approximate surface area is 104 Å². The Bertz CT molecular complexity index is 620. The van der Waals surface area contributed by atoms with Crippen LogP contribution in [0, 0.1) is 18.6 Å². The van der Waals surface area contributed by atoms with Crippen LogP contribution in [0.25, 0.3) is 11.4 Å². The summed E-state index contributed by atoms with van der Waals surface area (Å²) in [6.45, 7) is 1.38. The van der Waals surface area contributed by atoms with Crippen LogP contribution < -0.4 is 5.56 Å². The Morgan fingerprint density at radius 1 is 1.29 bits per heavy atom. The zero-order valence-corrected chi connectivity index (χ0v) is 10.3. The second kappa shape index (κ2) is 4.37. The number of aromatic nitrogens is 2. The number of aromatic amines is 1. The second-order valence-corrected chi connectivity index (χ2v) is 4.39. The maximum Gasteiger partial charge on any atom is 0.287 e. The maximum atomic E-state index is 13.2. The molecule has 2 aromatic rings. The van der Waals surface area contributed by atoms with Crippen LogP contribution in [-0.2, 0) is 0 Å². The lowest BCUT2D eigenvalue weighted by Gasteiger charge is -2.03. The molecule has 0 spiro atoms. The van der Waals surface area contributed by atoms with Gasteiger partial charge in [-0.15, -0.1) is 0 Å². The Hall–Kier alpha value is -1.56. The molecule has 1 aromatic carbocycles. The number of hydrogen-bond acceptors (Lipinski definition) is 2. The van der Waals surface area contributed by atoms with E-state index in [0.29, 0.717) is 10.0 Å². The van der Waals surface area contributed by atoms with Crippen LogP contribution in [0.2, 0.25) is 0 Å². The third kappa shape index (κ3) is 2.41. The van der Waals surface area contributed by atoms with E-state index in [4.69, 9.17) is 0 Å². The number of rotatable bonds is 1. The number of nitrogens with one attached hydrogen (secondary N) is 1. The van der Waals surface area contributed by atoms with E-state index in [1.54, 1.807) is 6.07 Å². The van der Waals surface area contributed by atoms with Crippen molar-refractivity contribution in [2.45, 2.75) is 6.92 Å². The standard InChI is InChI=1S/C11H7BrF2N2O/c1-5-9(14)11(17)16-10(15-5)6-2-7(12)4-8(13)3-6/h2-4H,1H3,(H,15,16,17). The molecule has 0 bridgehead atoms. The number of nitrogens with zero attached hydrogens (tertiary/aromatic N) is 1. The van der Waals surface area contributed by atoms with Gasteiger partial charge in [0.2, 0.25) is 5.82 Å². The lowest BCUT2D eigenvalue weighted by atomic mass is 10.2. The molecule has 0 aliphatic heterocycles. The summed E-state index contributed by atoms with van der Waals surface area (Å²) in [5.41, 5.74) is -0.519. The van der Waals surface area contributed by atoms with Crippen molar-refractivity contribution in [3.63, 3.8) is 0 Å². The van der Waals surface area contributed by atoms with Gasteiger partial charge in [0.1, 0.15) is 11.6 Å². The summed E-state index contributed by atoms with van der Waals surface area (Å²) in [7, 11) is 0. The quantitative estimate of drug-likeness (QED) is 0.880. The van der Waals surface area contributed by atoms with Crippen LogP contribution in [0.3, 0.4) is 0 Å². The first-order valence-electron chi connectivity index (χ1n) is 4.70. The van der Waals surface area contributed by atoms with Gasteiger partial charge in [0.25, 0.3) is 5.56 Å². The van der Waals surface area contributed by atoms with Crippen molar-refractivity contribution in [3.8, 4) is 11.4 Å². The Morgan fingerprint density at radius 2 is 2.00 bits per heavy atom. The minimum atomic E-state index is -0.927. The summed E-state index contributed by atoms with van der Waals surface area (Å²) in [6, 6.07) is 4.07. The fourth-order valence-corrected chi connectivity index (χ4v) is 1.86. The lowest BCUT2D eigenvalue weighted by molar-refractivity contribution is 0.589. The average Bonchev–Trinajstić information content (AvgIpc) is 2.23. The zero-order chi connectivity index (χ0) is 12.6. The first kappa shape index (κ1) is 11.9. The van der Waals surface area contributed by atoms with Crippen molar-refractivity contribution >= 4 is 15.9 Å². The molecule has 0 saturated carbocycles. The van der Waals surface area contributed by atoms with Gasteiger partial charge in [0, 0.05) is 10.0 Å². The van der Waals surface area contributed by atoms with Crippen molar-refractivity contribution in [1.29, 1.82) is 0 Å². The van der Waals surface area contributed by atoms with Crippen molar-refractivity contribution in [2.24, 2.45) is 0 Å². The molecule has 1 heterocycles. The summed E-state index contributed by atoms with van der Waals surface area (Å²) >= 11 is 3.13. The number of hydrogen-bond donors (Lipinski definition) is 1. The zero-order valence-electron chi connectivity index (χ0n) is 8.72. The molecule has 0 unspecified atom stereocenters. The number of H-pyrrole nitrogens is 1. The van der Waals surface area contributed by atoms with Gasteiger partial charge >= 0.3 is 0 Å². The SMILES string of the molecule is Cc1nc(-c2cc(F)cc(Br)c2)[nH]c(=O)c1F. The van der Waals surface area contributed by atoms with Crippen LogP contribution in [0.15, 0.2) is 27.5 Å². The Kier molecular flexibility index (Phi) is 3.06. The van der Waals surface area contributed by atoms with Gasteiger partial charge in [-0.25, -0.2) is 9.37 Å². The smallest absolute Gasteiger partial charge is 0.287 e. The largest absolute Gasteiger partial charge is 0.304 e. The normalized spacial score (nSPS) is 10.6. The van der Waals surface area contributed by atoms with E-state index >= 15 is 0 Å². The number of aryl methyl sites for hydroxylation is 1.